The summed E-state index contributed by atoms with van der Waals surface area (Å²) >= 11 is 2.49. The monoisotopic (exact) mass is 418 g/mol. The predicted molar refractivity (Wildman–Crippen MR) is 96.9 cm³/mol. The number of hydrogen-bond acceptors (Lipinski definition) is 2. The van der Waals surface area contributed by atoms with E-state index in [0.29, 0.717) is 9.34 Å². The molecule has 0 amide bonds. The molecule has 0 aromatic carbocycles. The highest BCUT2D eigenvalue weighted by molar-refractivity contribution is 14.1. The third-order valence-electron chi connectivity index (χ3n) is 8.59. The van der Waals surface area contributed by atoms with E-state index in [1.165, 1.54) is 38.5 Å². The lowest BCUT2D eigenvalue weighted by Crippen LogP contribution is -2.56. The quantitative estimate of drug-likeness (QED) is 0.458. The lowest BCUT2D eigenvalue weighted by atomic mass is 9.45. The molecule has 4 saturated carbocycles. The van der Waals surface area contributed by atoms with Crippen LogP contribution < -0.4 is 0 Å². The lowest BCUT2D eigenvalue weighted by Gasteiger charge is -2.61. The maximum Gasteiger partial charge on any atom is 0.0660 e. The summed E-state index contributed by atoms with van der Waals surface area (Å²) in [4.78, 5) is 0. The van der Waals surface area contributed by atoms with Crippen LogP contribution in [0.4, 0.5) is 0 Å². The highest BCUT2D eigenvalue weighted by Gasteiger charge is 2.60. The van der Waals surface area contributed by atoms with E-state index in [1.807, 2.05) is 0 Å². The summed E-state index contributed by atoms with van der Waals surface area (Å²) < 4.78 is 0.431. The molecule has 4 rings (SSSR count). The number of aliphatic hydroxyl groups excluding tert-OH is 2. The van der Waals surface area contributed by atoms with Gasteiger partial charge in [-0.25, -0.2) is 0 Å². The van der Waals surface area contributed by atoms with Gasteiger partial charge in [-0.1, -0.05) is 36.4 Å². The first-order valence-electron chi connectivity index (χ1n) is 9.36. The fourth-order valence-electron chi connectivity index (χ4n) is 7.21. The summed E-state index contributed by atoms with van der Waals surface area (Å²) in [5.41, 5.74) is 0.630. The minimum Gasteiger partial charge on any atom is -0.393 e. The Labute approximate surface area is 148 Å². The van der Waals surface area contributed by atoms with Crippen molar-refractivity contribution in [3.8, 4) is 0 Å². The van der Waals surface area contributed by atoms with E-state index in [9.17, 15) is 10.2 Å². The molecule has 3 heteroatoms. The Balaban J connectivity index is 1.63. The smallest absolute Gasteiger partial charge is 0.0660 e. The second kappa shape index (κ2) is 5.32. The van der Waals surface area contributed by atoms with Crippen LogP contribution in [0.1, 0.15) is 65.2 Å². The van der Waals surface area contributed by atoms with Gasteiger partial charge in [0.2, 0.25) is 0 Å². The van der Waals surface area contributed by atoms with Crippen molar-refractivity contribution in [1.82, 2.24) is 0 Å². The van der Waals surface area contributed by atoms with Crippen LogP contribution in [-0.4, -0.2) is 26.3 Å². The number of aliphatic hydroxyl groups is 2. The van der Waals surface area contributed by atoms with Gasteiger partial charge in [0.1, 0.15) is 0 Å². The summed E-state index contributed by atoms with van der Waals surface area (Å²) in [6.45, 7) is 4.91. The summed E-state index contributed by atoms with van der Waals surface area (Å²) in [5.74, 6) is 3.14. The van der Waals surface area contributed by atoms with Gasteiger partial charge in [-0.3, -0.25) is 0 Å². The van der Waals surface area contributed by atoms with Gasteiger partial charge in [-0.05, 0) is 85.9 Å². The molecule has 2 N–H and O–H groups in total. The third kappa shape index (κ3) is 2.10. The molecule has 2 nitrogen and oxygen atoms in total. The molecule has 0 bridgehead atoms. The van der Waals surface area contributed by atoms with Crippen molar-refractivity contribution in [1.29, 1.82) is 0 Å². The lowest BCUT2D eigenvalue weighted by molar-refractivity contribution is -0.131. The zero-order valence-electron chi connectivity index (χ0n) is 14.0. The van der Waals surface area contributed by atoms with Crippen LogP contribution >= 0.6 is 22.6 Å². The Kier molecular flexibility index (Phi) is 3.90. The Morgan fingerprint density at radius 2 is 1.64 bits per heavy atom. The van der Waals surface area contributed by atoms with Gasteiger partial charge in [-0.2, -0.15) is 0 Å². The number of halogens is 1. The molecule has 0 radical (unpaired) electrons. The summed E-state index contributed by atoms with van der Waals surface area (Å²) in [6, 6.07) is 0. The van der Waals surface area contributed by atoms with Gasteiger partial charge in [0, 0.05) is 3.92 Å². The minimum atomic E-state index is -0.0858. The molecule has 0 saturated heterocycles. The second-order valence-electron chi connectivity index (χ2n) is 9.32. The van der Waals surface area contributed by atoms with Crippen LogP contribution in [-0.2, 0) is 0 Å². The van der Waals surface area contributed by atoms with Crippen LogP contribution in [0.2, 0.25) is 0 Å². The van der Waals surface area contributed by atoms with Crippen molar-refractivity contribution in [3.63, 3.8) is 0 Å². The molecule has 4 aliphatic rings. The van der Waals surface area contributed by atoms with Gasteiger partial charge in [0.25, 0.3) is 0 Å². The first kappa shape index (κ1) is 16.1. The van der Waals surface area contributed by atoms with Gasteiger partial charge in [-0.15, -0.1) is 0 Å². The molecule has 4 aliphatic carbocycles. The Bertz CT molecular complexity index is 455. The molecule has 0 aromatic rings. The van der Waals surface area contributed by atoms with Crippen molar-refractivity contribution in [2.45, 2.75) is 81.3 Å². The van der Waals surface area contributed by atoms with Crippen molar-refractivity contribution >= 4 is 22.6 Å². The predicted octanol–water partition coefficient (Wildman–Crippen LogP) is 4.16. The van der Waals surface area contributed by atoms with Gasteiger partial charge in [0.15, 0.2) is 0 Å². The second-order valence-corrected chi connectivity index (χ2v) is 10.9. The van der Waals surface area contributed by atoms with Crippen LogP contribution in [0, 0.1) is 34.5 Å². The Morgan fingerprint density at radius 1 is 0.909 bits per heavy atom. The molecule has 126 valence electrons. The molecular weight excluding hydrogens is 387 g/mol. The summed E-state index contributed by atoms with van der Waals surface area (Å²) in [6.07, 6.45) is 9.53. The highest BCUT2D eigenvalue weighted by Crippen LogP contribution is 2.66. The molecule has 9 atom stereocenters. The number of hydrogen-bond donors (Lipinski definition) is 2. The molecule has 0 aromatic heterocycles. The average Bonchev–Trinajstić information content (AvgIpc) is 2.77. The van der Waals surface area contributed by atoms with Gasteiger partial charge >= 0.3 is 0 Å². The fourth-order valence-corrected chi connectivity index (χ4v) is 8.45. The minimum absolute atomic E-state index is 0.0607. The Hall–Kier alpha value is 0.650. The molecule has 0 aliphatic heterocycles. The number of fused-ring (bicyclic) bond motifs is 5. The SMILES string of the molecule is C[C@]12C[C@H](I)[C@@H](O)C[C@@H]1CC[C@@H]1[C@@H]2CC[C@]2(C)[C@@H](O)CC[C@@H]12. The maximum atomic E-state index is 10.5. The topological polar surface area (TPSA) is 40.5 Å². The van der Waals surface area contributed by atoms with E-state index in [2.05, 4.69) is 36.4 Å². The maximum absolute atomic E-state index is 10.5. The molecule has 4 fully saturated rings. The highest BCUT2D eigenvalue weighted by atomic mass is 127. The molecule has 0 unspecified atom stereocenters. The Morgan fingerprint density at radius 3 is 2.41 bits per heavy atom. The molecule has 0 spiro atoms. The van der Waals surface area contributed by atoms with Crippen LogP contribution in [0.15, 0.2) is 0 Å². The third-order valence-corrected chi connectivity index (χ3v) is 9.86. The van der Waals surface area contributed by atoms with E-state index < -0.39 is 0 Å². The normalized spacial score (nSPS) is 61.2. The van der Waals surface area contributed by atoms with Crippen molar-refractivity contribution < 1.29 is 10.2 Å². The molecule has 22 heavy (non-hydrogen) atoms. The summed E-state index contributed by atoms with van der Waals surface area (Å²) in [5, 5.41) is 20.8. The average molecular weight is 418 g/mol. The molecule has 0 heterocycles. The van der Waals surface area contributed by atoms with Crippen molar-refractivity contribution in [2.75, 3.05) is 0 Å². The van der Waals surface area contributed by atoms with E-state index >= 15 is 0 Å². The van der Waals surface area contributed by atoms with E-state index in [4.69, 9.17) is 0 Å². The van der Waals surface area contributed by atoms with Crippen LogP contribution in [0.3, 0.4) is 0 Å². The first-order valence-corrected chi connectivity index (χ1v) is 10.6. The van der Waals surface area contributed by atoms with E-state index in [0.717, 1.165) is 36.5 Å². The number of alkyl halides is 1. The zero-order chi connectivity index (χ0) is 15.7. The first-order chi connectivity index (χ1) is 10.4. The van der Waals surface area contributed by atoms with Gasteiger partial charge < -0.3 is 10.2 Å². The standard InChI is InChI=1S/C19H31IO2/c1-18-8-7-14-12(13(18)5-6-17(18)22)4-3-11-9-16(21)15(20)10-19(11,14)2/h11-17,21-22H,3-10H2,1-2H3/t11-,12-,13-,14-,15-,16-,17-,18-,19-/m0/s1. The van der Waals surface area contributed by atoms with Gasteiger partial charge in [0.05, 0.1) is 12.2 Å². The van der Waals surface area contributed by atoms with Crippen molar-refractivity contribution in [3.05, 3.63) is 0 Å². The summed E-state index contributed by atoms with van der Waals surface area (Å²) in [7, 11) is 0. The van der Waals surface area contributed by atoms with Crippen molar-refractivity contribution in [2.24, 2.45) is 34.5 Å². The van der Waals surface area contributed by atoms with Crippen LogP contribution in [0.5, 0.6) is 0 Å². The largest absolute Gasteiger partial charge is 0.393 e. The van der Waals surface area contributed by atoms with E-state index in [1.54, 1.807) is 0 Å². The number of rotatable bonds is 0. The fraction of sp³-hybridized carbons (Fsp3) is 1.00. The van der Waals surface area contributed by atoms with Crippen LogP contribution in [0.25, 0.3) is 0 Å². The molecular formula is C19H31IO2. The zero-order valence-corrected chi connectivity index (χ0v) is 16.1. The van der Waals surface area contributed by atoms with E-state index in [-0.39, 0.29) is 17.6 Å².